The van der Waals surface area contributed by atoms with Crippen LogP contribution in [0.1, 0.15) is 5.56 Å². The molecule has 0 bridgehead atoms. The lowest BCUT2D eigenvalue weighted by Crippen LogP contribution is -2.44. The zero-order chi connectivity index (χ0) is 17.6. The normalized spacial score (nSPS) is 15.5. The van der Waals surface area contributed by atoms with Crippen molar-refractivity contribution >= 4 is 17.8 Å². The van der Waals surface area contributed by atoms with Gasteiger partial charge >= 0.3 is 6.03 Å². The number of carbonyl (C=O) groups is 1. The summed E-state index contributed by atoms with van der Waals surface area (Å²) in [6, 6.07) is 15.6. The van der Waals surface area contributed by atoms with E-state index in [1.54, 1.807) is 23.7 Å². The summed E-state index contributed by atoms with van der Waals surface area (Å²) in [5.74, 6) is 1.46. The molecule has 2 aromatic carbocycles. The molecule has 1 unspecified atom stereocenters. The largest absolute Gasteiger partial charge is 0.486 e. The molecule has 1 aliphatic heterocycles. The highest BCUT2D eigenvalue weighted by Crippen LogP contribution is 2.30. The van der Waals surface area contributed by atoms with Crippen LogP contribution in [0.4, 0.5) is 4.79 Å². The average Bonchev–Trinajstić information content (AvgIpc) is 2.66. The Labute approximate surface area is 152 Å². The van der Waals surface area contributed by atoms with Gasteiger partial charge in [0.05, 0.1) is 6.54 Å². The summed E-state index contributed by atoms with van der Waals surface area (Å²) in [7, 11) is 1.78. The number of rotatable bonds is 5. The second-order valence-corrected chi connectivity index (χ2v) is 6.77. The first-order valence-corrected chi connectivity index (χ1v) is 9.38. The lowest BCUT2D eigenvalue weighted by atomic mass is 10.2. The molecular weight excluding hydrogens is 336 g/mol. The number of hydrogen-bond donors (Lipinski definition) is 1. The molecule has 1 atom stereocenters. The van der Waals surface area contributed by atoms with Crippen LogP contribution in [0.3, 0.4) is 0 Å². The van der Waals surface area contributed by atoms with Crippen LogP contribution in [0.2, 0.25) is 0 Å². The number of nitrogens with one attached hydrogen (secondary N) is 1. The summed E-state index contributed by atoms with van der Waals surface area (Å²) in [4.78, 5) is 15.1. The third kappa shape index (κ3) is 4.60. The lowest BCUT2D eigenvalue weighted by Gasteiger charge is -2.27. The Kier molecular flexibility index (Phi) is 5.71. The van der Waals surface area contributed by atoms with Gasteiger partial charge in [-0.05, 0) is 36.1 Å². The predicted octanol–water partition coefficient (Wildman–Crippen LogP) is 3.39. The zero-order valence-electron chi connectivity index (χ0n) is 14.4. The Morgan fingerprint density at radius 1 is 1.20 bits per heavy atom. The minimum Gasteiger partial charge on any atom is -0.486 e. The van der Waals surface area contributed by atoms with Crippen LogP contribution >= 0.6 is 11.8 Å². The molecule has 1 heterocycles. The van der Waals surface area contributed by atoms with Crippen molar-refractivity contribution in [3.63, 3.8) is 0 Å². The summed E-state index contributed by atoms with van der Waals surface area (Å²) >= 11 is 1.70. The van der Waals surface area contributed by atoms with Crippen molar-refractivity contribution in [2.75, 3.05) is 26.5 Å². The number of para-hydroxylation sites is 2. The molecule has 1 aliphatic rings. The minimum absolute atomic E-state index is 0.128. The number of amides is 2. The SMILES string of the molecule is CSc1ccc(CN(C)C(=O)NCC2COc3ccccc3O2)cc1. The van der Waals surface area contributed by atoms with Gasteiger partial charge in [-0.3, -0.25) is 0 Å². The van der Waals surface area contributed by atoms with E-state index in [1.165, 1.54) is 4.90 Å². The molecule has 0 spiro atoms. The maximum atomic E-state index is 12.3. The Bertz CT molecular complexity index is 721. The number of benzene rings is 2. The van der Waals surface area contributed by atoms with Crippen LogP contribution in [0.15, 0.2) is 53.4 Å². The number of fused-ring (bicyclic) bond motifs is 1. The van der Waals surface area contributed by atoms with E-state index in [2.05, 4.69) is 17.4 Å². The van der Waals surface area contributed by atoms with Crippen molar-refractivity contribution in [2.24, 2.45) is 0 Å². The molecule has 25 heavy (non-hydrogen) atoms. The summed E-state index contributed by atoms with van der Waals surface area (Å²) in [6.45, 7) is 1.39. The first kappa shape index (κ1) is 17.5. The Morgan fingerprint density at radius 2 is 1.92 bits per heavy atom. The predicted molar refractivity (Wildman–Crippen MR) is 99.4 cm³/mol. The number of carbonyl (C=O) groups excluding carboxylic acids is 1. The molecule has 6 heteroatoms. The van der Waals surface area contributed by atoms with Crippen molar-refractivity contribution in [2.45, 2.75) is 17.5 Å². The molecule has 0 radical (unpaired) electrons. The van der Waals surface area contributed by atoms with Crippen molar-refractivity contribution in [1.82, 2.24) is 10.2 Å². The first-order valence-electron chi connectivity index (χ1n) is 8.16. The molecule has 0 saturated heterocycles. The fraction of sp³-hybridized carbons (Fsp3) is 0.316. The number of thioether (sulfide) groups is 1. The molecule has 5 nitrogen and oxygen atoms in total. The van der Waals surface area contributed by atoms with Gasteiger partial charge in [-0.15, -0.1) is 11.8 Å². The van der Waals surface area contributed by atoms with E-state index in [-0.39, 0.29) is 12.1 Å². The monoisotopic (exact) mass is 358 g/mol. The molecule has 132 valence electrons. The van der Waals surface area contributed by atoms with Crippen LogP contribution in [-0.4, -0.2) is 43.5 Å². The van der Waals surface area contributed by atoms with Crippen molar-refractivity contribution in [1.29, 1.82) is 0 Å². The van der Waals surface area contributed by atoms with Gasteiger partial charge in [0.2, 0.25) is 0 Å². The second-order valence-electron chi connectivity index (χ2n) is 5.89. The van der Waals surface area contributed by atoms with E-state index in [0.717, 1.165) is 17.1 Å². The van der Waals surface area contributed by atoms with Crippen LogP contribution in [-0.2, 0) is 6.54 Å². The maximum Gasteiger partial charge on any atom is 0.317 e. The number of ether oxygens (including phenoxy) is 2. The van der Waals surface area contributed by atoms with Crippen molar-refractivity contribution in [3.05, 3.63) is 54.1 Å². The van der Waals surface area contributed by atoms with Crippen LogP contribution in [0.25, 0.3) is 0 Å². The van der Waals surface area contributed by atoms with Crippen LogP contribution in [0, 0.1) is 0 Å². The Hall–Kier alpha value is -2.34. The molecule has 0 aromatic heterocycles. The highest BCUT2D eigenvalue weighted by Gasteiger charge is 2.21. The Balaban J connectivity index is 1.47. The van der Waals surface area contributed by atoms with E-state index >= 15 is 0 Å². The maximum absolute atomic E-state index is 12.3. The van der Waals surface area contributed by atoms with Crippen molar-refractivity contribution < 1.29 is 14.3 Å². The van der Waals surface area contributed by atoms with Gasteiger partial charge in [0, 0.05) is 18.5 Å². The standard InChI is InChI=1S/C19H22N2O3S/c1-21(12-14-7-9-16(25-2)10-8-14)19(22)20-11-15-13-23-17-5-3-4-6-18(17)24-15/h3-10,15H,11-13H2,1-2H3,(H,20,22). The molecule has 2 amide bonds. The number of urea groups is 1. The second kappa shape index (κ2) is 8.16. The average molecular weight is 358 g/mol. The number of hydrogen-bond acceptors (Lipinski definition) is 4. The van der Waals surface area contributed by atoms with Gasteiger partial charge in [-0.1, -0.05) is 24.3 Å². The van der Waals surface area contributed by atoms with Crippen molar-refractivity contribution in [3.8, 4) is 11.5 Å². The molecule has 0 saturated carbocycles. The highest BCUT2D eigenvalue weighted by atomic mass is 32.2. The fourth-order valence-corrected chi connectivity index (χ4v) is 2.98. The van der Waals surface area contributed by atoms with Gasteiger partial charge in [0.1, 0.15) is 6.61 Å². The third-order valence-corrected chi connectivity index (χ3v) is 4.72. The summed E-state index contributed by atoms with van der Waals surface area (Å²) in [5.41, 5.74) is 1.10. The molecule has 0 fully saturated rings. The summed E-state index contributed by atoms with van der Waals surface area (Å²) < 4.78 is 11.5. The quantitative estimate of drug-likeness (QED) is 0.833. The van der Waals surface area contributed by atoms with Gasteiger partial charge < -0.3 is 19.7 Å². The lowest BCUT2D eigenvalue weighted by molar-refractivity contribution is 0.0904. The molecule has 3 rings (SSSR count). The fourth-order valence-electron chi connectivity index (χ4n) is 2.58. The van der Waals surface area contributed by atoms with E-state index < -0.39 is 0 Å². The summed E-state index contributed by atoms with van der Waals surface area (Å²) in [5, 5.41) is 2.90. The molecule has 1 N–H and O–H groups in total. The Morgan fingerprint density at radius 3 is 2.64 bits per heavy atom. The van der Waals surface area contributed by atoms with E-state index in [1.807, 2.05) is 42.7 Å². The van der Waals surface area contributed by atoms with Crippen LogP contribution in [0.5, 0.6) is 11.5 Å². The van der Waals surface area contributed by atoms with E-state index in [0.29, 0.717) is 19.7 Å². The molecule has 2 aromatic rings. The smallest absolute Gasteiger partial charge is 0.317 e. The van der Waals surface area contributed by atoms with E-state index in [4.69, 9.17) is 9.47 Å². The highest BCUT2D eigenvalue weighted by molar-refractivity contribution is 7.98. The minimum atomic E-state index is -0.187. The first-order chi connectivity index (χ1) is 12.2. The van der Waals surface area contributed by atoms with E-state index in [9.17, 15) is 4.79 Å². The number of nitrogens with zero attached hydrogens (tertiary/aromatic N) is 1. The molecular formula is C19H22N2O3S. The van der Waals surface area contributed by atoms with Crippen LogP contribution < -0.4 is 14.8 Å². The third-order valence-electron chi connectivity index (χ3n) is 3.97. The van der Waals surface area contributed by atoms with Gasteiger partial charge in [-0.25, -0.2) is 4.79 Å². The van der Waals surface area contributed by atoms with Gasteiger partial charge in [0.15, 0.2) is 17.6 Å². The van der Waals surface area contributed by atoms with Gasteiger partial charge in [-0.2, -0.15) is 0 Å². The summed E-state index contributed by atoms with van der Waals surface area (Å²) in [6.07, 6.45) is 1.86. The topological polar surface area (TPSA) is 50.8 Å². The molecule has 0 aliphatic carbocycles. The van der Waals surface area contributed by atoms with Gasteiger partial charge in [0.25, 0.3) is 0 Å². The zero-order valence-corrected chi connectivity index (χ0v) is 15.2.